The zero-order valence-corrected chi connectivity index (χ0v) is 16.1. The Hall–Kier alpha value is -1.99. The SMILES string of the molecule is CC(C)Cn1c([C@@H](C)O)csc1=Nc1ccc([N+](=O)[O-])cc1C(C)C. The summed E-state index contributed by atoms with van der Waals surface area (Å²) < 4.78 is 2.03. The van der Waals surface area contributed by atoms with Gasteiger partial charge in [-0.05, 0) is 30.4 Å². The van der Waals surface area contributed by atoms with E-state index in [0.29, 0.717) is 5.92 Å². The molecule has 2 aromatic rings. The molecule has 0 bridgehead atoms. The first-order valence-electron chi connectivity index (χ1n) is 8.40. The molecule has 0 aliphatic heterocycles. The van der Waals surface area contributed by atoms with Crippen LogP contribution in [-0.2, 0) is 6.54 Å². The van der Waals surface area contributed by atoms with Crippen LogP contribution in [0.1, 0.15) is 57.9 Å². The third-order valence-corrected chi connectivity index (χ3v) is 4.75. The highest BCUT2D eigenvalue weighted by molar-refractivity contribution is 7.07. The third-order valence-electron chi connectivity index (χ3n) is 3.86. The molecule has 136 valence electrons. The molecule has 0 amide bonds. The van der Waals surface area contributed by atoms with Gasteiger partial charge in [0, 0.05) is 24.1 Å². The van der Waals surface area contributed by atoms with Gasteiger partial charge < -0.3 is 9.67 Å². The molecule has 0 saturated heterocycles. The van der Waals surface area contributed by atoms with Gasteiger partial charge in [-0.25, -0.2) is 4.99 Å². The maximum absolute atomic E-state index is 11.0. The van der Waals surface area contributed by atoms with Crippen molar-refractivity contribution in [2.45, 2.75) is 53.2 Å². The van der Waals surface area contributed by atoms with E-state index in [1.54, 1.807) is 19.1 Å². The topological polar surface area (TPSA) is 80.7 Å². The molecule has 1 N–H and O–H groups in total. The van der Waals surface area contributed by atoms with Gasteiger partial charge in [0.25, 0.3) is 5.69 Å². The molecule has 0 radical (unpaired) electrons. The average Bonchev–Trinajstić information content (AvgIpc) is 2.89. The lowest BCUT2D eigenvalue weighted by atomic mass is 10.0. The smallest absolute Gasteiger partial charge is 0.269 e. The van der Waals surface area contributed by atoms with E-state index in [0.717, 1.165) is 28.3 Å². The van der Waals surface area contributed by atoms with E-state index in [-0.39, 0.29) is 16.5 Å². The normalized spacial score (nSPS) is 13.7. The van der Waals surface area contributed by atoms with Crippen molar-refractivity contribution in [1.82, 2.24) is 4.57 Å². The Morgan fingerprint density at radius 2 is 1.96 bits per heavy atom. The molecule has 0 spiro atoms. The van der Waals surface area contributed by atoms with Gasteiger partial charge in [-0.1, -0.05) is 27.7 Å². The minimum Gasteiger partial charge on any atom is -0.387 e. The van der Waals surface area contributed by atoms with Crippen LogP contribution in [0.15, 0.2) is 28.6 Å². The zero-order chi connectivity index (χ0) is 18.7. The Balaban J connectivity index is 2.62. The van der Waals surface area contributed by atoms with Crippen molar-refractivity contribution in [1.29, 1.82) is 0 Å². The molecular formula is C18H25N3O3S. The Labute approximate surface area is 151 Å². The highest BCUT2D eigenvalue weighted by atomic mass is 32.1. The van der Waals surface area contributed by atoms with Crippen molar-refractivity contribution < 1.29 is 10.0 Å². The first-order chi connectivity index (χ1) is 11.7. The average molecular weight is 363 g/mol. The molecule has 2 rings (SSSR count). The molecular weight excluding hydrogens is 338 g/mol. The van der Waals surface area contributed by atoms with E-state index < -0.39 is 6.10 Å². The second-order valence-corrected chi connectivity index (χ2v) is 7.73. The molecule has 6 nitrogen and oxygen atoms in total. The summed E-state index contributed by atoms with van der Waals surface area (Å²) in [6.45, 7) is 10.7. The summed E-state index contributed by atoms with van der Waals surface area (Å²) in [5.41, 5.74) is 2.49. The molecule has 1 aromatic heterocycles. The van der Waals surface area contributed by atoms with Crippen molar-refractivity contribution in [3.8, 4) is 0 Å². The maximum atomic E-state index is 11.0. The number of nitro benzene ring substituents is 1. The monoisotopic (exact) mass is 363 g/mol. The number of hydrogen-bond acceptors (Lipinski definition) is 5. The van der Waals surface area contributed by atoms with Gasteiger partial charge in [0.2, 0.25) is 0 Å². The van der Waals surface area contributed by atoms with Gasteiger partial charge in [-0.3, -0.25) is 10.1 Å². The Bertz CT molecular complexity index is 819. The molecule has 7 heteroatoms. The minimum atomic E-state index is -0.569. The van der Waals surface area contributed by atoms with Gasteiger partial charge in [-0.2, -0.15) is 0 Å². The minimum absolute atomic E-state index is 0.0774. The van der Waals surface area contributed by atoms with Crippen molar-refractivity contribution in [2.24, 2.45) is 10.9 Å². The molecule has 1 atom stereocenters. The van der Waals surface area contributed by atoms with Crippen LogP contribution in [0.4, 0.5) is 11.4 Å². The van der Waals surface area contributed by atoms with Crippen molar-refractivity contribution in [3.63, 3.8) is 0 Å². The molecule has 0 saturated carbocycles. The van der Waals surface area contributed by atoms with Crippen LogP contribution in [0.2, 0.25) is 0 Å². The third kappa shape index (κ3) is 4.55. The second kappa shape index (κ2) is 7.93. The summed E-state index contributed by atoms with van der Waals surface area (Å²) in [5, 5.41) is 23.0. The number of benzene rings is 1. The van der Waals surface area contributed by atoms with Crippen LogP contribution < -0.4 is 4.80 Å². The number of nitrogens with zero attached hydrogens (tertiary/aromatic N) is 3. The fraction of sp³-hybridized carbons (Fsp3) is 0.500. The van der Waals surface area contributed by atoms with Crippen LogP contribution in [0.3, 0.4) is 0 Å². The summed E-state index contributed by atoms with van der Waals surface area (Å²) >= 11 is 1.47. The van der Waals surface area contributed by atoms with Gasteiger partial charge >= 0.3 is 0 Å². The predicted molar refractivity (Wildman–Crippen MR) is 100 cm³/mol. The number of thiazole rings is 1. The Morgan fingerprint density at radius 3 is 2.48 bits per heavy atom. The quantitative estimate of drug-likeness (QED) is 0.605. The molecule has 1 aromatic carbocycles. The van der Waals surface area contributed by atoms with Crippen molar-refractivity contribution in [2.75, 3.05) is 0 Å². The van der Waals surface area contributed by atoms with Crippen molar-refractivity contribution >= 4 is 22.7 Å². The van der Waals surface area contributed by atoms with E-state index in [4.69, 9.17) is 4.99 Å². The second-order valence-electron chi connectivity index (χ2n) is 6.89. The van der Waals surface area contributed by atoms with Crippen LogP contribution in [-0.4, -0.2) is 14.6 Å². The number of aliphatic hydroxyl groups is 1. The van der Waals surface area contributed by atoms with Gasteiger partial charge in [0.15, 0.2) is 4.80 Å². The van der Waals surface area contributed by atoms with Crippen LogP contribution in [0.25, 0.3) is 0 Å². The highest BCUT2D eigenvalue weighted by Crippen LogP contribution is 2.30. The molecule has 0 aliphatic rings. The van der Waals surface area contributed by atoms with E-state index in [1.807, 2.05) is 23.8 Å². The lowest BCUT2D eigenvalue weighted by Crippen LogP contribution is -2.21. The summed E-state index contributed by atoms with van der Waals surface area (Å²) in [6.07, 6.45) is -0.569. The number of rotatable bonds is 6. The summed E-state index contributed by atoms with van der Waals surface area (Å²) in [4.78, 5) is 16.2. The van der Waals surface area contributed by atoms with Crippen molar-refractivity contribution in [3.05, 3.63) is 49.8 Å². The van der Waals surface area contributed by atoms with Crippen LogP contribution in [0.5, 0.6) is 0 Å². The Morgan fingerprint density at radius 1 is 1.28 bits per heavy atom. The van der Waals surface area contributed by atoms with Gasteiger partial charge in [0.1, 0.15) is 0 Å². The summed E-state index contributed by atoms with van der Waals surface area (Å²) in [7, 11) is 0. The molecule has 0 aliphatic carbocycles. The molecule has 0 unspecified atom stereocenters. The number of aliphatic hydroxyl groups excluding tert-OH is 1. The fourth-order valence-corrected chi connectivity index (χ4v) is 3.64. The fourth-order valence-electron chi connectivity index (χ4n) is 2.63. The zero-order valence-electron chi connectivity index (χ0n) is 15.3. The van der Waals surface area contributed by atoms with E-state index in [2.05, 4.69) is 13.8 Å². The summed E-state index contributed by atoms with van der Waals surface area (Å²) in [6, 6.07) is 4.79. The van der Waals surface area contributed by atoms with E-state index in [9.17, 15) is 15.2 Å². The predicted octanol–water partition coefficient (Wildman–Crippen LogP) is 4.52. The lowest BCUT2D eigenvalue weighted by Gasteiger charge is -2.13. The van der Waals surface area contributed by atoms with Gasteiger partial charge in [-0.15, -0.1) is 11.3 Å². The molecule has 1 heterocycles. The first-order valence-corrected chi connectivity index (χ1v) is 9.28. The standard InChI is InChI=1S/C18H25N3O3S/c1-11(2)9-20-17(13(5)22)10-25-18(20)19-16-7-6-14(21(23)24)8-15(16)12(3)4/h6-8,10-13,22H,9H2,1-5H3/t13-/m1/s1. The number of nitro groups is 1. The largest absolute Gasteiger partial charge is 0.387 e. The number of hydrogen-bond donors (Lipinski definition) is 1. The van der Waals surface area contributed by atoms with Crippen LogP contribution >= 0.6 is 11.3 Å². The van der Waals surface area contributed by atoms with E-state index in [1.165, 1.54) is 17.4 Å². The molecule has 25 heavy (non-hydrogen) atoms. The van der Waals surface area contributed by atoms with E-state index >= 15 is 0 Å². The number of aromatic nitrogens is 1. The lowest BCUT2D eigenvalue weighted by molar-refractivity contribution is -0.384. The first kappa shape index (κ1) is 19.3. The Kier molecular flexibility index (Phi) is 6.13. The maximum Gasteiger partial charge on any atom is 0.269 e. The number of non-ortho nitro benzene ring substituents is 1. The molecule has 0 fully saturated rings. The summed E-state index contributed by atoms with van der Waals surface area (Å²) in [5.74, 6) is 0.529. The van der Waals surface area contributed by atoms with Crippen LogP contribution in [0, 0.1) is 16.0 Å². The van der Waals surface area contributed by atoms with Gasteiger partial charge in [0.05, 0.1) is 22.4 Å². The highest BCUT2D eigenvalue weighted by Gasteiger charge is 2.15.